The number of likely N-dealkylation sites (N-methyl/N-ethyl adjacent to an activating group) is 1. The van der Waals surface area contributed by atoms with Crippen LogP contribution in [0.5, 0.6) is 0 Å². The highest BCUT2D eigenvalue weighted by atomic mass is 16.2. The minimum Gasteiger partial charge on any atom is -0.358 e. The Hall–Kier alpha value is -1.08. The summed E-state index contributed by atoms with van der Waals surface area (Å²) in [5, 5.41) is 13.7. The van der Waals surface area contributed by atoms with Crippen LogP contribution in [0.4, 0.5) is 0 Å². The second kappa shape index (κ2) is 4.69. The van der Waals surface area contributed by atoms with Gasteiger partial charge >= 0.3 is 0 Å². The van der Waals surface area contributed by atoms with E-state index in [4.69, 9.17) is 5.26 Å². The number of nitrogens with zero attached hydrogens (tertiary/aromatic N) is 1. The van der Waals surface area contributed by atoms with Gasteiger partial charge in [0.15, 0.2) is 0 Å². The van der Waals surface area contributed by atoms with Crippen LogP contribution in [0.25, 0.3) is 0 Å². The maximum Gasteiger partial charge on any atom is 0.236 e. The predicted molar refractivity (Wildman–Crippen MR) is 41.7 cm³/mol. The van der Waals surface area contributed by atoms with E-state index in [2.05, 4.69) is 10.6 Å². The molecule has 0 fully saturated rings. The van der Waals surface area contributed by atoms with Crippen molar-refractivity contribution in [3.05, 3.63) is 0 Å². The molecule has 4 nitrogen and oxygen atoms in total. The SMILES string of the molecule is CNC(=O)C(C)NC(C)C#N. The van der Waals surface area contributed by atoms with Gasteiger partial charge in [-0.1, -0.05) is 0 Å². The Labute approximate surface area is 66.6 Å². The molecule has 0 rings (SSSR count). The lowest BCUT2D eigenvalue weighted by molar-refractivity contribution is -0.122. The zero-order valence-electron chi connectivity index (χ0n) is 7.01. The normalized spacial score (nSPS) is 14.7. The minimum atomic E-state index is -0.311. The van der Waals surface area contributed by atoms with Crippen LogP contribution in [0.3, 0.4) is 0 Å². The Bertz CT molecular complexity index is 173. The summed E-state index contributed by atoms with van der Waals surface area (Å²) < 4.78 is 0. The van der Waals surface area contributed by atoms with Crippen molar-refractivity contribution in [1.29, 1.82) is 5.26 Å². The van der Waals surface area contributed by atoms with Crippen molar-refractivity contribution in [2.24, 2.45) is 0 Å². The van der Waals surface area contributed by atoms with Gasteiger partial charge in [0.25, 0.3) is 0 Å². The summed E-state index contributed by atoms with van der Waals surface area (Å²) in [5.41, 5.74) is 0. The summed E-state index contributed by atoms with van der Waals surface area (Å²) in [5.74, 6) is -0.105. The highest BCUT2D eigenvalue weighted by Gasteiger charge is 2.12. The van der Waals surface area contributed by atoms with Gasteiger partial charge in [0.05, 0.1) is 18.2 Å². The van der Waals surface area contributed by atoms with E-state index < -0.39 is 0 Å². The molecule has 0 bridgehead atoms. The van der Waals surface area contributed by atoms with Crippen LogP contribution >= 0.6 is 0 Å². The van der Waals surface area contributed by atoms with Gasteiger partial charge in [-0.15, -0.1) is 0 Å². The average molecular weight is 155 g/mol. The Morgan fingerprint density at radius 3 is 2.45 bits per heavy atom. The molecule has 0 aliphatic carbocycles. The van der Waals surface area contributed by atoms with Crippen LogP contribution in [-0.4, -0.2) is 25.0 Å². The zero-order valence-corrected chi connectivity index (χ0v) is 7.01. The van der Waals surface area contributed by atoms with Gasteiger partial charge in [0.1, 0.15) is 0 Å². The molecule has 0 aromatic carbocycles. The van der Waals surface area contributed by atoms with E-state index in [1.807, 2.05) is 6.07 Å². The van der Waals surface area contributed by atoms with Crippen molar-refractivity contribution in [3.8, 4) is 6.07 Å². The molecule has 62 valence electrons. The standard InChI is InChI=1S/C7H13N3O/c1-5(4-8)10-6(2)7(11)9-3/h5-6,10H,1-3H3,(H,9,11). The number of hydrogen-bond acceptors (Lipinski definition) is 3. The van der Waals surface area contributed by atoms with Crippen LogP contribution in [0, 0.1) is 11.3 Å². The van der Waals surface area contributed by atoms with Gasteiger partial charge in [-0.3, -0.25) is 10.1 Å². The molecule has 2 N–H and O–H groups in total. The molecule has 0 aromatic rings. The van der Waals surface area contributed by atoms with E-state index in [1.165, 1.54) is 0 Å². The van der Waals surface area contributed by atoms with Gasteiger partial charge in [0.2, 0.25) is 5.91 Å². The van der Waals surface area contributed by atoms with Crippen molar-refractivity contribution in [2.75, 3.05) is 7.05 Å². The number of hydrogen-bond donors (Lipinski definition) is 2. The third-order valence-electron chi connectivity index (χ3n) is 1.33. The van der Waals surface area contributed by atoms with Gasteiger partial charge in [-0.05, 0) is 13.8 Å². The van der Waals surface area contributed by atoms with E-state index in [-0.39, 0.29) is 18.0 Å². The number of nitriles is 1. The lowest BCUT2D eigenvalue weighted by Crippen LogP contribution is -2.44. The Morgan fingerprint density at radius 2 is 2.09 bits per heavy atom. The second-order valence-corrected chi connectivity index (χ2v) is 2.35. The van der Waals surface area contributed by atoms with Crippen LogP contribution in [0.1, 0.15) is 13.8 Å². The number of rotatable bonds is 3. The molecule has 0 aliphatic heterocycles. The highest BCUT2D eigenvalue weighted by molar-refractivity contribution is 5.80. The summed E-state index contributed by atoms with van der Waals surface area (Å²) in [4.78, 5) is 10.9. The van der Waals surface area contributed by atoms with Crippen LogP contribution in [0.15, 0.2) is 0 Å². The van der Waals surface area contributed by atoms with Crippen molar-refractivity contribution >= 4 is 5.91 Å². The van der Waals surface area contributed by atoms with E-state index >= 15 is 0 Å². The lowest BCUT2D eigenvalue weighted by atomic mass is 10.2. The summed E-state index contributed by atoms with van der Waals surface area (Å²) in [6, 6.07) is 1.38. The average Bonchev–Trinajstić information content (AvgIpc) is 2.02. The fraction of sp³-hybridized carbons (Fsp3) is 0.714. The molecule has 1 amide bonds. The number of amides is 1. The maximum atomic E-state index is 10.9. The number of carbonyl (C=O) groups excluding carboxylic acids is 1. The summed E-state index contributed by atoms with van der Waals surface area (Å²) in [7, 11) is 1.57. The Morgan fingerprint density at radius 1 is 1.55 bits per heavy atom. The molecule has 11 heavy (non-hydrogen) atoms. The van der Waals surface area contributed by atoms with Crippen LogP contribution in [-0.2, 0) is 4.79 Å². The topological polar surface area (TPSA) is 64.9 Å². The molecule has 0 heterocycles. The molecule has 0 saturated heterocycles. The minimum absolute atomic E-state index is 0.105. The first kappa shape index (κ1) is 9.92. The fourth-order valence-electron chi connectivity index (χ4n) is 0.704. The molecule has 4 heteroatoms. The molecular weight excluding hydrogens is 142 g/mol. The molecule has 2 unspecified atom stereocenters. The molecule has 0 aromatic heterocycles. The fourth-order valence-corrected chi connectivity index (χ4v) is 0.704. The summed E-state index contributed by atoms with van der Waals surface area (Å²) >= 11 is 0. The van der Waals surface area contributed by atoms with Gasteiger partial charge in [0, 0.05) is 7.05 Å². The maximum absolute atomic E-state index is 10.9. The summed E-state index contributed by atoms with van der Waals surface area (Å²) in [6.07, 6.45) is 0. The first-order valence-electron chi connectivity index (χ1n) is 3.49. The van der Waals surface area contributed by atoms with Crippen molar-refractivity contribution in [1.82, 2.24) is 10.6 Å². The molecule has 0 saturated carbocycles. The van der Waals surface area contributed by atoms with E-state index in [0.29, 0.717) is 0 Å². The Balaban J connectivity index is 3.79. The van der Waals surface area contributed by atoms with E-state index in [0.717, 1.165) is 0 Å². The quantitative estimate of drug-likeness (QED) is 0.584. The molecule has 2 atom stereocenters. The van der Waals surface area contributed by atoms with Crippen LogP contribution in [0.2, 0.25) is 0 Å². The largest absolute Gasteiger partial charge is 0.358 e. The van der Waals surface area contributed by atoms with Gasteiger partial charge in [-0.2, -0.15) is 5.26 Å². The first-order chi connectivity index (χ1) is 5.11. The third kappa shape index (κ3) is 3.58. The van der Waals surface area contributed by atoms with Crippen LogP contribution < -0.4 is 10.6 Å². The second-order valence-electron chi connectivity index (χ2n) is 2.35. The highest BCUT2D eigenvalue weighted by Crippen LogP contribution is 1.84. The zero-order chi connectivity index (χ0) is 8.85. The molecule has 0 aliphatic rings. The molecule has 0 radical (unpaired) electrons. The van der Waals surface area contributed by atoms with Crippen molar-refractivity contribution in [2.45, 2.75) is 25.9 Å². The van der Waals surface area contributed by atoms with Crippen molar-refractivity contribution in [3.63, 3.8) is 0 Å². The summed E-state index contributed by atoms with van der Waals surface area (Å²) in [6.45, 7) is 3.42. The monoisotopic (exact) mass is 155 g/mol. The van der Waals surface area contributed by atoms with E-state index in [1.54, 1.807) is 20.9 Å². The Kier molecular flexibility index (Phi) is 4.23. The lowest BCUT2D eigenvalue weighted by Gasteiger charge is -2.12. The van der Waals surface area contributed by atoms with Gasteiger partial charge < -0.3 is 5.32 Å². The first-order valence-corrected chi connectivity index (χ1v) is 3.49. The number of carbonyl (C=O) groups is 1. The third-order valence-corrected chi connectivity index (χ3v) is 1.33. The molecular formula is C7H13N3O. The predicted octanol–water partition coefficient (Wildman–Crippen LogP) is -0.377. The molecule has 0 spiro atoms. The van der Waals surface area contributed by atoms with Crippen molar-refractivity contribution < 1.29 is 4.79 Å². The van der Waals surface area contributed by atoms with E-state index in [9.17, 15) is 4.79 Å². The number of nitrogens with one attached hydrogen (secondary N) is 2. The smallest absolute Gasteiger partial charge is 0.236 e. The van der Waals surface area contributed by atoms with Gasteiger partial charge in [-0.25, -0.2) is 0 Å².